The van der Waals surface area contributed by atoms with Gasteiger partial charge in [0, 0.05) is 24.9 Å². The summed E-state index contributed by atoms with van der Waals surface area (Å²) < 4.78 is 0. The van der Waals surface area contributed by atoms with Gasteiger partial charge in [0.25, 0.3) is 0 Å². The molecular weight excluding hydrogens is 120 g/mol. The zero-order chi connectivity index (χ0) is 5.40. The molecule has 2 rings (SSSR count). The Hall–Kier alpha value is 0.270. The Balaban J connectivity index is 2.03. The molecule has 2 atom stereocenters. The first-order chi connectivity index (χ1) is 3.95. The average Bonchev–Trinajstić information content (AvgIpc) is 2.12. The first kappa shape index (κ1) is 5.09. The molecule has 8 heavy (non-hydrogen) atoms. The van der Waals surface area contributed by atoms with Crippen molar-refractivity contribution in [3.8, 4) is 0 Å². The summed E-state index contributed by atoms with van der Waals surface area (Å²) in [5.41, 5.74) is 0. The van der Waals surface area contributed by atoms with Crippen molar-refractivity contribution in [3.05, 3.63) is 0 Å². The van der Waals surface area contributed by atoms with E-state index in [1.165, 1.54) is 12.3 Å². The molecule has 2 aliphatic rings. The maximum atomic E-state index is 3.49. The molecule has 46 valence electrons. The number of nitrogens with one attached hydrogen (secondary N) is 2. The maximum absolute atomic E-state index is 3.49. The zero-order valence-electron chi connectivity index (χ0n) is 4.68. The van der Waals surface area contributed by atoms with Crippen LogP contribution in [0.3, 0.4) is 0 Å². The molecule has 3 heteroatoms. The molecule has 0 spiro atoms. The normalized spacial score (nSPS) is 45.0. The molecule has 0 aromatic rings. The van der Waals surface area contributed by atoms with E-state index in [0.717, 1.165) is 12.6 Å². The molecule has 0 saturated carbocycles. The molecule has 2 nitrogen and oxygen atoms in total. The summed E-state index contributed by atoms with van der Waals surface area (Å²) in [5.74, 6) is 1.30. The van der Waals surface area contributed by atoms with Gasteiger partial charge in [-0.2, -0.15) is 0 Å². The molecule has 2 N–H and O–H groups in total. The van der Waals surface area contributed by atoms with E-state index >= 15 is 0 Å². The van der Waals surface area contributed by atoms with Crippen molar-refractivity contribution in [2.45, 2.75) is 11.4 Å². The Kier molecular flexibility index (Phi) is 1.21. The Morgan fingerprint density at radius 1 is 1.38 bits per heavy atom. The highest BCUT2D eigenvalue weighted by Gasteiger charge is 2.27. The summed E-state index contributed by atoms with van der Waals surface area (Å²) in [6.07, 6.45) is 0. The van der Waals surface area contributed by atoms with E-state index in [4.69, 9.17) is 0 Å². The van der Waals surface area contributed by atoms with Crippen molar-refractivity contribution in [2.24, 2.45) is 0 Å². The minimum absolute atomic E-state index is 0.716. The van der Waals surface area contributed by atoms with Crippen LogP contribution in [0.1, 0.15) is 0 Å². The molecule has 0 aliphatic carbocycles. The molecule has 0 radical (unpaired) electrons. The van der Waals surface area contributed by atoms with E-state index in [1.807, 2.05) is 11.8 Å². The third-order valence-corrected chi connectivity index (χ3v) is 2.94. The third kappa shape index (κ3) is 0.747. The second-order valence-electron chi connectivity index (χ2n) is 2.34. The van der Waals surface area contributed by atoms with Crippen molar-refractivity contribution in [2.75, 3.05) is 18.8 Å². The highest BCUT2D eigenvalue weighted by Crippen LogP contribution is 2.19. The number of hydrogen-bond acceptors (Lipinski definition) is 3. The van der Waals surface area contributed by atoms with Gasteiger partial charge in [-0.15, -0.1) is 11.8 Å². The fourth-order valence-electron chi connectivity index (χ4n) is 1.22. The van der Waals surface area contributed by atoms with E-state index in [0.29, 0.717) is 5.37 Å². The fourth-order valence-corrected chi connectivity index (χ4v) is 2.42. The van der Waals surface area contributed by atoms with Gasteiger partial charge in [0.05, 0.1) is 5.37 Å². The number of fused-ring (bicyclic) bond motifs is 2. The van der Waals surface area contributed by atoms with Gasteiger partial charge in [0.1, 0.15) is 0 Å². The molecule has 2 aliphatic heterocycles. The van der Waals surface area contributed by atoms with E-state index in [9.17, 15) is 0 Å². The van der Waals surface area contributed by atoms with Gasteiger partial charge in [0.2, 0.25) is 0 Å². The van der Waals surface area contributed by atoms with Gasteiger partial charge in [0.15, 0.2) is 0 Å². The molecule has 2 saturated heterocycles. The average molecular weight is 130 g/mol. The van der Waals surface area contributed by atoms with Crippen molar-refractivity contribution < 1.29 is 0 Å². The predicted octanol–water partition coefficient (Wildman–Crippen LogP) is -0.379. The largest absolute Gasteiger partial charge is 0.313 e. The van der Waals surface area contributed by atoms with E-state index in [2.05, 4.69) is 10.6 Å². The molecule has 2 fully saturated rings. The van der Waals surface area contributed by atoms with Crippen LogP contribution in [0.5, 0.6) is 0 Å². The van der Waals surface area contributed by atoms with E-state index in [-0.39, 0.29) is 0 Å². The molecular formula is C5H10N2S. The number of thioether (sulfide) groups is 1. The zero-order valence-corrected chi connectivity index (χ0v) is 5.50. The molecule has 2 bridgehead atoms. The minimum atomic E-state index is 0.716. The predicted molar refractivity (Wildman–Crippen MR) is 36.0 cm³/mol. The Morgan fingerprint density at radius 3 is 3.12 bits per heavy atom. The van der Waals surface area contributed by atoms with Crippen LogP contribution in [0.2, 0.25) is 0 Å². The lowest BCUT2D eigenvalue weighted by atomic mass is 10.3. The second kappa shape index (κ2) is 1.90. The summed E-state index contributed by atoms with van der Waals surface area (Å²) in [4.78, 5) is 0. The number of piperazine rings is 1. The Bertz CT molecular complexity index is 82.4. The molecule has 0 amide bonds. The first-order valence-electron chi connectivity index (χ1n) is 3.03. The lowest BCUT2D eigenvalue weighted by Crippen LogP contribution is -2.48. The summed E-state index contributed by atoms with van der Waals surface area (Å²) in [6, 6.07) is 0.763. The summed E-state index contributed by atoms with van der Waals surface area (Å²) in [7, 11) is 0. The van der Waals surface area contributed by atoms with Gasteiger partial charge in [-0.1, -0.05) is 0 Å². The quantitative estimate of drug-likeness (QED) is 0.467. The van der Waals surface area contributed by atoms with Crippen LogP contribution >= 0.6 is 11.8 Å². The van der Waals surface area contributed by atoms with Crippen molar-refractivity contribution in [3.63, 3.8) is 0 Å². The smallest absolute Gasteiger partial charge is 0.0662 e. The fraction of sp³-hybridized carbons (Fsp3) is 1.00. The summed E-state index contributed by atoms with van der Waals surface area (Å²) in [6.45, 7) is 2.32. The molecule has 0 aromatic carbocycles. The van der Waals surface area contributed by atoms with Crippen molar-refractivity contribution in [1.29, 1.82) is 0 Å². The first-order valence-corrected chi connectivity index (χ1v) is 4.08. The van der Waals surface area contributed by atoms with Crippen LogP contribution in [0.4, 0.5) is 0 Å². The van der Waals surface area contributed by atoms with Gasteiger partial charge in [-0.05, 0) is 0 Å². The highest BCUT2D eigenvalue weighted by molar-refractivity contribution is 8.00. The standard InChI is InChI=1S/C5H10N2S/c1-4-3-8-5(7-4)2-6-1/h4-7H,1-3H2/t4-,5-/m0/s1. The van der Waals surface area contributed by atoms with Gasteiger partial charge < -0.3 is 5.32 Å². The topological polar surface area (TPSA) is 24.1 Å². The van der Waals surface area contributed by atoms with E-state index in [1.54, 1.807) is 0 Å². The number of rotatable bonds is 0. The van der Waals surface area contributed by atoms with Crippen LogP contribution in [-0.2, 0) is 0 Å². The van der Waals surface area contributed by atoms with Crippen LogP contribution in [0.15, 0.2) is 0 Å². The maximum Gasteiger partial charge on any atom is 0.0662 e. The SMILES string of the molecule is C1NC[C@H]2N[C@@H]1CS2. The molecule has 0 aromatic heterocycles. The van der Waals surface area contributed by atoms with Crippen LogP contribution < -0.4 is 10.6 Å². The van der Waals surface area contributed by atoms with Crippen LogP contribution in [0, 0.1) is 0 Å². The van der Waals surface area contributed by atoms with Crippen LogP contribution in [-0.4, -0.2) is 30.3 Å². The number of hydrogen-bond donors (Lipinski definition) is 2. The summed E-state index contributed by atoms with van der Waals surface area (Å²) >= 11 is 2.04. The van der Waals surface area contributed by atoms with Gasteiger partial charge in [-0.3, -0.25) is 5.32 Å². The monoisotopic (exact) mass is 130 g/mol. The van der Waals surface area contributed by atoms with Crippen molar-refractivity contribution in [1.82, 2.24) is 10.6 Å². The van der Waals surface area contributed by atoms with Gasteiger partial charge in [-0.25, -0.2) is 0 Å². The van der Waals surface area contributed by atoms with E-state index < -0.39 is 0 Å². The lowest BCUT2D eigenvalue weighted by Gasteiger charge is -2.19. The lowest BCUT2D eigenvalue weighted by molar-refractivity contribution is 0.447. The second-order valence-corrected chi connectivity index (χ2v) is 3.58. The Morgan fingerprint density at radius 2 is 2.38 bits per heavy atom. The highest BCUT2D eigenvalue weighted by atomic mass is 32.2. The molecule has 2 heterocycles. The Labute approximate surface area is 53.4 Å². The van der Waals surface area contributed by atoms with Crippen molar-refractivity contribution >= 4 is 11.8 Å². The molecule has 0 unspecified atom stereocenters. The third-order valence-electron chi connectivity index (χ3n) is 1.64. The van der Waals surface area contributed by atoms with Gasteiger partial charge >= 0.3 is 0 Å². The minimum Gasteiger partial charge on any atom is -0.313 e. The van der Waals surface area contributed by atoms with Crippen LogP contribution in [0.25, 0.3) is 0 Å². The summed E-state index contributed by atoms with van der Waals surface area (Å²) in [5, 5.41) is 7.57.